The average molecular weight is 328 g/mol. The summed E-state index contributed by atoms with van der Waals surface area (Å²) in [6.07, 6.45) is 3.78. The molecule has 0 radical (unpaired) electrons. The Morgan fingerprint density at radius 1 is 1.29 bits per heavy atom. The minimum absolute atomic E-state index is 0.0541. The van der Waals surface area contributed by atoms with Gasteiger partial charge in [-0.1, -0.05) is 0 Å². The molecular weight excluding hydrogens is 304 g/mol. The first-order valence-electron chi connectivity index (χ1n) is 8.67. The van der Waals surface area contributed by atoms with E-state index in [1.54, 1.807) is 11.8 Å². The molecule has 1 saturated heterocycles. The van der Waals surface area contributed by atoms with Gasteiger partial charge in [0.15, 0.2) is 5.65 Å². The minimum atomic E-state index is -0.570. The fraction of sp³-hybridized carbons (Fsp3) is 0.556. The van der Waals surface area contributed by atoms with E-state index in [4.69, 9.17) is 4.98 Å². The van der Waals surface area contributed by atoms with Crippen LogP contribution in [0.4, 0.5) is 5.69 Å². The van der Waals surface area contributed by atoms with Gasteiger partial charge in [0.05, 0.1) is 30.1 Å². The van der Waals surface area contributed by atoms with Crippen molar-refractivity contribution in [3.05, 3.63) is 29.2 Å². The Labute approximate surface area is 141 Å². The Hall–Kier alpha value is -1.92. The molecule has 1 N–H and O–H groups in total. The molecule has 0 aromatic carbocycles. The number of likely N-dealkylation sites (tertiary alicyclic amines) is 1. The average Bonchev–Trinajstić information content (AvgIpc) is 3.15. The summed E-state index contributed by atoms with van der Waals surface area (Å²) in [7, 11) is 0. The van der Waals surface area contributed by atoms with Gasteiger partial charge in [0, 0.05) is 24.4 Å². The molecule has 2 atom stereocenters. The number of pyridine rings is 1. The zero-order valence-corrected chi connectivity index (χ0v) is 14.5. The van der Waals surface area contributed by atoms with Crippen molar-refractivity contribution in [1.29, 1.82) is 0 Å². The van der Waals surface area contributed by atoms with Gasteiger partial charge in [0.2, 0.25) is 5.91 Å². The van der Waals surface area contributed by atoms with Crippen molar-refractivity contribution in [1.82, 2.24) is 14.3 Å². The number of β-amino-alcohol motifs (C(OH)–C–C–N with tert-alkyl or cyclic N) is 1. The van der Waals surface area contributed by atoms with Crippen molar-refractivity contribution >= 4 is 17.2 Å². The van der Waals surface area contributed by atoms with E-state index >= 15 is 0 Å². The zero-order chi connectivity index (χ0) is 17.0. The summed E-state index contributed by atoms with van der Waals surface area (Å²) in [4.78, 5) is 21.0. The summed E-state index contributed by atoms with van der Waals surface area (Å²) in [5.41, 5.74) is 4.75. The SMILES string of the molecule is CC(=O)N1C[C@H](O)[C@H](N2CCCC2)c2ccn3c(C)c(C)nc3c21. The van der Waals surface area contributed by atoms with E-state index in [1.165, 1.54) is 12.8 Å². The maximum Gasteiger partial charge on any atom is 0.224 e. The number of fused-ring (bicyclic) bond motifs is 3. The third-order valence-electron chi connectivity index (χ3n) is 5.51. The van der Waals surface area contributed by atoms with Crippen LogP contribution in [0.1, 0.15) is 42.8 Å². The number of amides is 1. The molecule has 0 spiro atoms. The number of hydrogen-bond donors (Lipinski definition) is 1. The van der Waals surface area contributed by atoms with E-state index in [2.05, 4.69) is 11.0 Å². The number of aryl methyl sites for hydroxylation is 2. The second-order valence-electron chi connectivity index (χ2n) is 6.98. The van der Waals surface area contributed by atoms with Gasteiger partial charge < -0.3 is 14.4 Å². The largest absolute Gasteiger partial charge is 0.389 e. The fourth-order valence-electron chi connectivity index (χ4n) is 4.19. The molecule has 0 saturated carbocycles. The van der Waals surface area contributed by atoms with Crippen molar-refractivity contribution < 1.29 is 9.90 Å². The number of aliphatic hydroxyl groups is 1. The summed E-state index contributed by atoms with van der Waals surface area (Å²) < 4.78 is 2.04. The van der Waals surface area contributed by atoms with Crippen LogP contribution in [-0.2, 0) is 4.79 Å². The van der Waals surface area contributed by atoms with Gasteiger partial charge in [-0.3, -0.25) is 9.69 Å². The Morgan fingerprint density at radius 3 is 2.67 bits per heavy atom. The molecule has 2 aliphatic rings. The predicted octanol–water partition coefficient (Wildman–Crippen LogP) is 1.82. The molecule has 2 aromatic rings. The summed E-state index contributed by atoms with van der Waals surface area (Å²) in [5.74, 6) is -0.0541. The van der Waals surface area contributed by atoms with Crippen LogP contribution >= 0.6 is 0 Å². The Balaban J connectivity index is 1.96. The quantitative estimate of drug-likeness (QED) is 0.867. The number of carbonyl (C=O) groups excluding carboxylic acids is 1. The minimum Gasteiger partial charge on any atom is -0.389 e. The summed E-state index contributed by atoms with van der Waals surface area (Å²) >= 11 is 0. The molecule has 1 amide bonds. The van der Waals surface area contributed by atoms with Gasteiger partial charge in [0.25, 0.3) is 0 Å². The Bertz CT molecular complexity index is 807. The van der Waals surface area contributed by atoms with Crippen LogP contribution < -0.4 is 4.90 Å². The maximum atomic E-state index is 12.2. The standard InChI is InChI=1S/C18H24N4O2/c1-11-12(2)21-9-6-14-16(20-7-4-5-8-20)15(24)10-22(13(3)23)17(14)18(21)19-11/h6,9,15-16,24H,4-5,7-8,10H2,1-3H3/t15-,16+/m0/s1. The molecule has 0 aliphatic carbocycles. The molecule has 6 heteroatoms. The molecule has 128 valence electrons. The topological polar surface area (TPSA) is 61.1 Å². The normalized spacial score (nSPS) is 24.6. The van der Waals surface area contributed by atoms with Crippen LogP contribution in [0.3, 0.4) is 0 Å². The van der Waals surface area contributed by atoms with E-state index < -0.39 is 6.10 Å². The monoisotopic (exact) mass is 328 g/mol. The number of aliphatic hydroxyl groups excluding tert-OH is 1. The molecule has 2 aliphatic heterocycles. The zero-order valence-electron chi connectivity index (χ0n) is 14.5. The molecule has 6 nitrogen and oxygen atoms in total. The lowest BCUT2D eigenvalue weighted by atomic mass is 9.93. The van der Waals surface area contributed by atoms with E-state index in [1.807, 2.05) is 24.4 Å². The second kappa shape index (κ2) is 5.57. The molecule has 0 unspecified atom stereocenters. The van der Waals surface area contributed by atoms with Crippen molar-refractivity contribution in [3.63, 3.8) is 0 Å². The van der Waals surface area contributed by atoms with Crippen LogP contribution in [0.5, 0.6) is 0 Å². The summed E-state index contributed by atoms with van der Waals surface area (Å²) in [6, 6.07) is 2.00. The van der Waals surface area contributed by atoms with Gasteiger partial charge in [-0.05, 0) is 45.8 Å². The van der Waals surface area contributed by atoms with E-state index in [0.717, 1.165) is 41.4 Å². The number of anilines is 1. The molecule has 4 rings (SSSR count). The maximum absolute atomic E-state index is 12.2. The van der Waals surface area contributed by atoms with Crippen LogP contribution in [-0.4, -0.2) is 51.0 Å². The smallest absolute Gasteiger partial charge is 0.224 e. The van der Waals surface area contributed by atoms with Gasteiger partial charge in [0.1, 0.15) is 0 Å². The highest BCUT2D eigenvalue weighted by molar-refractivity contribution is 5.97. The van der Waals surface area contributed by atoms with Gasteiger partial charge in [-0.25, -0.2) is 4.98 Å². The van der Waals surface area contributed by atoms with Crippen LogP contribution in [0, 0.1) is 13.8 Å². The van der Waals surface area contributed by atoms with Crippen molar-refractivity contribution in [2.24, 2.45) is 0 Å². The lowest BCUT2D eigenvalue weighted by Gasteiger charge is -2.41. The molecule has 24 heavy (non-hydrogen) atoms. The molecular formula is C18H24N4O2. The number of aromatic nitrogens is 2. The van der Waals surface area contributed by atoms with Gasteiger partial charge >= 0.3 is 0 Å². The van der Waals surface area contributed by atoms with Crippen molar-refractivity contribution in [2.45, 2.75) is 45.8 Å². The van der Waals surface area contributed by atoms with Crippen molar-refractivity contribution in [2.75, 3.05) is 24.5 Å². The fourth-order valence-corrected chi connectivity index (χ4v) is 4.19. The summed E-state index contributed by atoms with van der Waals surface area (Å²) in [5, 5.41) is 10.8. The summed E-state index contributed by atoms with van der Waals surface area (Å²) in [6.45, 7) is 7.91. The first-order valence-corrected chi connectivity index (χ1v) is 8.67. The van der Waals surface area contributed by atoms with Crippen molar-refractivity contribution in [3.8, 4) is 0 Å². The Morgan fingerprint density at radius 2 is 2.00 bits per heavy atom. The van der Waals surface area contributed by atoms with Crippen LogP contribution in [0.15, 0.2) is 12.3 Å². The lowest BCUT2D eigenvalue weighted by Crippen LogP contribution is -2.48. The highest BCUT2D eigenvalue weighted by Crippen LogP contribution is 2.41. The third-order valence-corrected chi connectivity index (χ3v) is 5.51. The number of carbonyl (C=O) groups is 1. The molecule has 4 heterocycles. The van der Waals surface area contributed by atoms with Gasteiger partial charge in [-0.2, -0.15) is 0 Å². The third kappa shape index (κ3) is 2.17. The highest BCUT2D eigenvalue weighted by atomic mass is 16.3. The number of hydrogen-bond acceptors (Lipinski definition) is 4. The molecule has 0 bridgehead atoms. The molecule has 2 aromatic heterocycles. The van der Waals surface area contributed by atoms with E-state index in [0.29, 0.717) is 6.54 Å². The van der Waals surface area contributed by atoms with Crippen LogP contribution in [0.2, 0.25) is 0 Å². The van der Waals surface area contributed by atoms with E-state index in [9.17, 15) is 9.90 Å². The predicted molar refractivity (Wildman–Crippen MR) is 92.2 cm³/mol. The number of imidazole rings is 1. The van der Waals surface area contributed by atoms with E-state index in [-0.39, 0.29) is 11.9 Å². The first kappa shape index (κ1) is 15.6. The lowest BCUT2D eigenvalue weighted by molar-refractivity contribution is -0.117. The number of rotatable bonds is 1. The number of nitrogens with zero attached hydrogens (tertiary/aromatic N) is 4. The first-order chi connectivity index (χ1) is 11.5. The second-order valence-corrected chi connectivity index (χ2v) is 6.98. The molecule has 1 fully saturated rings. The Kier molecular flexibility index (Phi) is 3.62. The van der Waals surface area contributed by atoms with Gasteiger partial charge in [-0.15, -0.1) is 0 Å². The van der Waals surface area contributed by atoms with Crippen LogP contribution in [0.25, 0.3) is 5.65 Å². The highest BCUT2D eigenvalue weighted by Gasteiger charge is 2.39.